The molecule has 1 aromatic carbocycles. The lowest BCUT2D eigenvalue weighted by molar-refractivity contribution is 1.29. The summed E-state index contributed by atoms with van der Waals surface area (Å²) < 4.78 is 0. The average Bonchev–Trinajstić information content (AvgIpc) is 2.48. The molecule has 2 heteroatoms. The van der Waals surface area contributed by atoms with Gasteiger partial charge in [0.15, 0.2) is 0 Å². The van der Waals surface area contributed by atoms with E-state index in [9.17, 15) is 0 Å². The van der Waals surface area contributed by atoms with Crippen LogP contribution in [-0.2, 0) is 0 Å². The Hall–Kier alpha value is -0.890. The SMILES string of the molecule is CC.Cc1cc2ccc(S)cc2[nH]1. The summed E-state index contributed by atoms with van der Waals surface area (Å²) in [6.07, 6.45) is 0. The number of aromatic amines is 1. The fourth-order valence-corrected chi connectivity index (χ4v) is 1.46. The van der Waals surface area contributed by atoms with E-state index >= 15 is 0 Å². The van der Waals surface area contributed by atoms with Gasteiger partial charge in [0.1, 0.15) is 0 Å². The third-order valence-corrected chi connectivity index (χ3v) is 2.02. The standard InChI is InChI=1S/C9H9NS.C2H6/c1-6-4-7-2-3-8(11)5-9(7)10-6;1-2/h2-5,10-11H,1H3;1-2H3. The summed E-state index contributed by atoms with van der Waals surface area (Å²) in [6.45, 7) is 6.05. The van der Waals surface area contributed by atoms with E-state index in [1.165, 1.54) is 11.1 Å². The lowest BCUT2D eigenvalue weighted by atomic mass is 10.2. The van der Waals surface area contributed by atoms with Gasteiger partial charge in [-0.05, 0) is 30.5 Å². The average molecular weight is 193 g/mol. The highest BCUT2D eigenvalue weighted by Gasteiger charge is 1.95. The van der Waals surface area contributed by atoms with Crippen molar-refractivity contribution in [1.82, 2.24) is 4.98 Å². The van der Waals surface area contributed by atoms with E-state index in [0.717, 1.165) is 10.4 Å². The largest absolute Gasteiger partial charge is 0.359 e. The van der Waals surface area contributed by atoms with Crippen molar-refractivity contribution in [2.24, 2.45) is 0 Å². The van der Waals surface area contributed by atoms with Crippen molar-refractivity contribution in [1.29, 1.82) is 0 Å². The van der Waals surface area contributed by atoms with Gasteiger partial charge in [-0.2, -0.15) is 0 Å². The van der Waals surface area contributed by atoms with Gasteiger partial charge < -0.3 is 4.98 Å². The molecule has 70 valence electrons. The maximum absolute atomic E-state index is 4.25. The molecule has 0 fully saturated rings. The Morgan fingerprint density at radius 3 is 2.54 bits per heavy atom. The van der Waals surface area contributed by atoms with Crippen LogP contribution in [0.25, 0.3) is 10.9 Å². The quantitative estimate of drug-likeness (QED) is 0.592. The molecular formula is C11H15NS. The number of benzene rings is 1. The van der Waals surface area contributed by atoms with E-state index in [1.54, 1.807) is 0 Å². The fourth-order valence-electron chi connectivity index (χ4n) is 1.26. The molecule has 0 aliphatic carbocycles. The van der Waals surface area contributed by atoms with E-state index in [0.29, 0.717) is 0 Å². The maximum Gasteiger partial charge on any atom is 0.0467 e. The number of hydrogen-bond donors (Lipinski definition) is 2. The number of H-pyrrole nitrogens is 1. The van der Waals surface area contributed by atoms with Crippen molar-refractivity contribution in [3.05, 3.63) is 30.0 Å². The van der Waals surface area contributed by atoms with E-state index in [1.807, 2.05) is 26.0 Å². The van der Waals surface area contributed by atoms with Crippen LogP contribution in [0.5, 0.6) is 0 Å². The van der Waals surface area contributed by atoms with E-state index < -0.39 is 0 Å². The van der Waals surface area contributed by atoms with Crippen LogP contribution in [-0.4, -0.2) is 4.98 Å². The minimum atomic E-state index is 0.999. The second-order valence-corrected chi connectivity index (χ2v) is 3.24. The molecular weight excluding hydrogens is 178 g/mol. The Labute approximate surface area is 84.6 Å². The molecule has 13 heavy (non-hydrogen) atoms. The normalized spacial score (nSPS) is 9.54. The van der Waals surface area contributed by atoms with Crippen molar-refractivity contribution in [3.8, 4) is 0 Å². The predicted octanol–water partition coefficient (Wildman–Crippen LogP) is 3.79. The first kappa shape index (κ1) is 10.2. The van der Waals surface area contributed by atoms with Gasteiger partial charge in [-0.15, -0.1) is 12.6 Å². The number of aryl methyl sites for hydroxylation is 1. The molecule has 2 rings (SSSR count). The molecule has 0 atom stereocenters. The molecule has 1 aromatic heterocycles. The van der Waals surface area contributed by atoms with Crippen molar-refractivity contribution >= 4 is 23.5 Å². The number of thiol groups is 1. The fraction of sp³-hybridized carbons (Fsp3) is 0.273. The molecule has 0 unspecified atom stereocenters. The molecule has 0 bridgehead atoms. The lowest BCUT2D eigenvalue weighted by Gasteiger charge is -1.89. The highest BCUT2D eigenvalue weighted by Crippen LogP contribution is 2.18. The van der Waals surface area contributed by atoms with Crippen molar-refractivity contribution in [3.63, 3.8) is 0 Å². The smallest absolute Gasteiger partial charge is 0.0467 e. The minimum absolute atomic E-state index is 0.999. The third-order valence-electron chi connectivity index (χ3n) is 1.74. The van der Waals surface area contributed by atoms with E-state index in [2.05, 4.69) is 36.7 Å². The van der Waals surface area contributed by atoms with Crippen LogP contribution < -0.4 is 0 Å². The van der Waals surface area contributed by atoms with Gasteiger partial charge in [-0.25, -0.2) is 0 Å². The first-order valence-corrected chi connectivity index (χ1v) is 4.99. The lowest BCUT2D eigenvalue weighted by Crippen LogP contribution is -1.68. The summed E-state index contributed by atoms with van der Waals surface area (Å²) in [5.74, 6) is 0. The number of aromatic nitrogens is 1. The highest BCUT2D eigenvalue weighted by atomic mass is 32.1. The minimum Gasteiger partial charge on any atom is -0.359 e. The number of rotatable bonds is 0. The maximum atomic E-state index is 4.25. The van der Waals surface area contributed by atoms with Crippen molar-refractivity contribution in [2.45, 2.75) is 25.7 Å². The predicted molar refractivity (Wildman–Crippen MR) is 61.6 cm³/mol. The van der Waals surface area contributed by atoms with Crippen molar-refractivity contribution < 1.29 is 0 Å². The summed E-state index contributed by atoms with van der Waals surface area (Å²) >= 11 is 4.25. The van der Waals surface area contributed by atoms with Crippen LogP contribution in [0.1, 0.15) is 19.5 Å². The zero-order valence-corrected chi connectivity index (χ0v) is 9.15. The molecule has 0 amide bonds. The highest BCUT2D eigenvalue weighted by molar-refractivity contribution is 7.80. The van der Waals surface area contributed by atoms with Crippen molar-refractivity contribution in [2.75, 3.05) is 0 Å². The molecule has 2 aromatic rings. The molecule has 1 nitrogen and oxygen atoms in total. The first-order chi connectivity index (χ1) is 6.25. The molecule has 0 spiro atoms. The molecule has 1 N–H and O–H groups in total. The molecule has 1 heterocycles. The van der Waals surface area contributed by atoms with Crippen LogP contribution in [0.4, 0.5) is 0 Å². The summed E-state index contributed by atoms with van der Waals surface area (Å²) in [6, 6.07) is 8.23. The Morgan fingerprint density at radius 2 is 1.85 bits per heavy atom. The monoisotopic (exact) mass is 193 g/mol. The molecule has 0 saturated carbocycles. The van der Waals surface area contributed by atoms with Gasteiger partial charge in [-0.1, -0.05) is 19.9 Å². The van der Waals surface area contributed by atoms with Gasteiger partial charge in [0.05, 0.1) is 0 Å². The Bertz CT molecular complexity index is 390. The van der Waals surface area contributed by atoms with E-state index in [-0.39, 0.29) is 0 Å². The van der Waals surface area contributed by atoms with Crippen LogP contribution >= 0.6 is 12.6 Å². The summed E-state index contributed by atoms with van der Waals surface area (Å²) in [4.78, 5) is 4.25. The Balaban J connectivity index is 0.000000396. The number of hydrogen-bond acceptors (Lipinski definition) is 1. The summed E-state index contributed by atoms with van der Waals surface area (Å²) in [7, 11) is 0. The molecule has 0 aliphatic rings. The summed E-state index contributed by atoms with van der Waals surface area (Å²) in [5, 5.41) is 1.25. The zero-order chi connectivity index (χ0) is 9.84. The topological polar surface area (TPSA) is 15.8 Å². The van der Waals surface area contributed by atoms with Crippen LogP contribution in [0, 0.1) is 6.92 Å². The van der Waals surface area contributed by atoms with Gasteiger partial charge in [-0.3, -0.25) is 0 Å². The van der Waals surface area contributed by atoms with Gasteiger partial charge in [0.25, 0.3) is 0 Å². The molecule has 0 saturated heterocycles. The second kappa shape index (κ2) is 4.38. The summed E-state index contributed by atoms with van der Waals surface area (Å²) in [5.41, 5.74) is 2.36. The zero-order valence-electron chi connectivity index (χ0n) is 8.26. The van der Waals surface area contributed by atoms with E-state index in [4.69, 9.17) is 0 Å². The molecule has 0 aliphatic heterocycles. The van der Waals surface area contributed by atoms with Crippen LogP contribution in [0.2, 0.25) is 0 Å². The number of fused-ring (bicyclic) bond motifs is 1. The number of nitrogens with one attached hydrogen (secondary N) is 1. The Morgan fingerprint density at radius 1 is 1.15 bits per heavy atom. The van der Waals surface area contributed by atoms with Gasteiger partial charge in [0.2, 0.25) is 0 Å². The Kier molecular flexibility index (Phi) is 3.43. The third kappa shape index (κ3) is 2.28. The van der Waals surface area contributed by atoms with Gasteiger partial charge >= 0.3 is 0 Å². The van der Waals surface area contributed by atoms with Crippen LogP contribution in [0.15, 0.2) is 29.2 Å². The van der Waals surface area contributed by atoms with Gasteiger partial charge in [0, 0.05) is 16.1 Å². The van der Waals surface area contributed by atoms with Crippen LogP contribution in [0.3, 0.4) is 0 Å². The second-order valence-electron chi connectivity index (χ2n) is 2.72. The molecule has 0 radical (unpaired) electrons. The first-order valence-electron chi connectivity index (χ1n) is 4.54.